The van der Waals surface area contributed by atoms with E-state index in [0.29, 0.717) is 0 Å². The van der Waals surface area contributed by atoms with Gasteiger partial charge in [-0.15, -0.1) is 0 Å². The molecule has 14 heavy (non-hydrogen) atoms. The molecule has 0 radical (unpaired) electrons. The monoisotopic (exact) mass is 188 g/mol. The Kier molecular flexibility index (Phi) is 6.96. The molecule has 2 nitrogen and oxygen atoms in total. The molecule has 0 amide bonds. The molecule has 0 fully saturated rings. The molecule has 74 valence electrons. The predicted molar refractivity (Wildman–Crippen MR) is 63.4 cm³/mol. The van der Waals surface area contributed by atoms with Crippen LogP contribution in [0, 0.1) is 10.8 Å². The fourth-order valence-corrected chi connectivity index (χ4v) is 1.03. The summed E-state index contributed by atoms with van der Waals surface area (Å²) in [5, 5.41) is 14.1. The summed E-state index contributed by atoms with van der Waals surface area (Å²) in [6.45, 7) is 3.85. The van der Waals surface area contributed by atoms with Gasteiger partial charge in [0.25, 0.3) is 0 Å². The lowest BCUT2D eigenvalue weighted by Crippen LogP contribution is -1.85. The van der Waals surface area contributed by atoms with Crippen molar-refractivity contribution in [3.05, 3.63) is 47.6 Å². The van der Waals surface area contributed by atoms with Gasteiger partial charge in [0.1, 0.15) is 0 Å². The lowest BCUT2D eigenvalue weighted by atomic mass is 10.0. The third-order valence-electron chi connectivity index (χ3n) is 1.55. The van der Waals surface area contributed by atoms with Crippen LogP contribution in [0.4, 0.5) is 0 Å². The number of allylic oxidation sites excluding steroid dienone is 8. The van der Waals surface area contributed by atoms with E-state index < -0.39 is 0 Å². The lowest BCUT2D eigenvalue weighted by molar-refractivity contribution is 1.50. The van der Waals surface area contributed by atoms with Crippen LogP contribution < -0.4 is 0 Å². The third kappa shape index (κ3) is 4.36. The van der Waals surface area contributed by atoms with Gasteiger partial charge in [-0.3, -0.25) is 0 Å². The van der Waals surface area contributed by atoms with E-state index >= 15 is 0 Å². The molecule has 0 aromatic carbocycles. The quantitative estimate of drug-likeness (QED) is 0.491. The number of rotatable bonds is 5. The van der Waals surface area contributed by atoms with Crippen molar-refractivity contribution in [1.29, 1.82) is 10.8 Å². The lowest BCUT2D eigenvalue weighted by Gasteiger charge is -2.00. The molecule has 2 N–H and O–H groups in total. The number of nitrogens with one attached hydrogen (secondary N) is 2. The fourth-order valence-electron chi connectivity index (χ4n) is 1.03. The first-order chi connectivity index (χ1) is 6.79. The second kappa shape index (κ2) is 7.92. The van der Waals surface area contributed by atoms with Crippen LogP contribution in [0.5, 0.6) is 0 Å². The van der Waals surface area contributed by atoms with Gasteiger partial charge in [-0.1, -0.05) is 24.3 Å². The standard InChI is InChI=1S/C12H16N2/c1-3-5-11(7-9-13)12(6-4-2)8-10-14/h3-10,13-14H,1-2H3/b5-3-,6-4-,11-7+,12-8?,13-9?,14-10?. The highest BCUT2D eigenvalue weighted by Crippen LogP contribution is 2.12. The van der Waals surface area contributed by atoms with Gasteiger partial charge < -0.3 is 10.8 Å². The molecule has 0 bridgehead atoms. The summed E-state index contributed by atoms with van der Waals surface area (Å²) in [5.41, 5.74) is 1.87. The number of hydrogen-bond donors (Lipinski definition) is 2. The Hall–Kier alpha value is -1.70. The molecule has 0 saturated carbocycles. The average molecular weight is 188 g/mol. The summed E-state index contributed by atoms with van der Waals surface area (Å²) in [7, 11) is 0. The normalized spacial score (nSPS) is 13.9. The molecule has 0 aromatic heterocycles. The van der Waals surface area contributed by atoms with Crippen LogP contribution in [0.2, 0.25) is 0 Å². The molecule has 0 rings (SSSR count). The van der Waals surface area contributed by atoms with E-state index in [1.165, 1.54) is 12.4 Å². The van der Waals surface area contributed by atoms with Gasteiger partial charge in [-0.2, -0.15) is 0 Å². The van der Waals surface area contributed by atoms with Gasteiger partial charge >= 0.3 is 0 Å². The summed E-state index contributed by atoms with van der Waals surface area (Å²) in [6.07, 6.45) is 13.6. The second-order valence-electron chi connectivity index (χ2n) is 2.58. The molecular weight excluding hydrogens is 172 g/mol. The van der Waals surface area contributed by atoms with Crippen LogP contribution in [0.25, 0.3) is 0 Å². The van der Waals surface area contributed by atoms with Gasteiger partial charge in [0.15, 0.2) is 0 Å². The molecule has 0 heterocycles. The summed E-state index contributed by atoms with van der Waals surface area (Å²) < 4.78 is 0. The molecule has 0 aromatic rings. The molecule has 0 atom stereocenters. The largest absolute Gasteiger partial charge is 0.309 e. The van der Waals surface area contributed by atoms with Gasteiger partial charge in [-0.25, -0.2) is 0 Å². The highest BCUT2D eigenvalue weighted by atomic mass is 14.3. The minimum atomic E-state index is 0.934. The smallest absolute Gasteiger partial charge is 0.0183 e. The summed E-state index contributed by atoms with van der Waals surface area (Å²) in [6, 6.07) is 0. The Labute approximate surface area is 85.4 Å². The van der Waals surface area contributed by atoms with Crippen LogP contribution in [-0.4, -0.2) is 12.4 Å². The van der Waals surface area contributed by atoms with E-state index in [0.717, 1.165) is 11.1 Å². The van der Waals surface area contributed by atoms with Gasteiger partial charge in [0, 0.05) is 12.4 Å². The first-order valence-corrected chi connectivity index (χ1v) is 4.47. The van der Waals surface area contributed by atoms with E-state index in [1.807, 2.05) is 38.2 Å². The molecule has 0 aliphatic carbocycles. The maximum Gasteiger partial charge on any atom is 0.0183 e. The van der Waals surface area contributed by atoms with Crippen molar-refractivity contribution < 1.29 is 0 Å². The zero-order chi connectivity index (χ0) is 10.8. The van der Waals surface area contributed by atoms with Crippen molar-refractivity contribution in [2.45, 2.75) is 13.8 Å². The molecule has 0 spiro atoms. The molecule has 0 unspecified atom stereocenters. The van der Waals surface area contributed by atoms with E-state index in [4.69, 9.17) is 10.8 Å². The van der Waals surface area contributed by atoms with Crippen molar-refractivity contribution in [3.63, 3.8) is 0 Å². The van der Waals surface area contributed by atoms with Gasteiger partial charge in [0.2, 0.25) is 0 Å². The van der Waals surface area contributed by atoms with E-state index in [2.05, 4.69) is 0 Å². The van der Waals surface area contributed by atoms with E-state index in [-0.39, 0.29) is 0 Å². The van der Waals surface area contributed by atoms with Gasteiger partial charge in [-0.05, 0) is 37.1 Å². The second-order valence-corrected chi connectivity index (χ2v) is 2.58. The highest BCUT2D eigenvalue weighted by Gasteiger charge is 1.95. The van der Waals surface area contributed by atoms with E-state index in [9.17, 15) is 0 Å². The van der Waals surface area contributed by atoms with E-state index in [1.54, 1.807) is 12.2 Å². The minimum Gasteiger partial charge on any atom is -0.309 e. The predicted octanol–water partition coefficient (Wildman–Crippen LogP) is 3.29. The third-order valence-corrected chi connectivity index (χ3v) is 1.55. The Morgan fingerprint density at radius 2 is 1.14 bits per heavy atom. The van der Waals surface area contributed by atoms with Crippen LogP contribution in [0.15, 0.2) is 47.6 Å². The van der Waals surface area contributed by atoms with Gasteiger partial charge in [0.05, 0.1) is 0 Å². The molecule has 0 aliphatic heterocycles. The highest BCUT2D eigenvalue weighted by molar-refractivity contribution is 5.77. The van der Waals surface area contributed by atoms with Crippen molar-refractivity contribution in [2.75, 3.05) is 0 Å². The zero-order valence-electron chi connectivity index (χ0n) is 8.62. The van der Waals surface area contributed by atoms with Crippen molar-refractivity contribution >= 4 is 12.4 Å². The number of hydrogen-bond acceptors (Lipinski definition) is 2. The summed E-state index contributed by atoms with van der Waals surface area (Å²) >= 11 is 0. The van der Waals surface area contributed by atoms with Crippen LogP contribution >= 0.6 is 0 Å². The SMILES string of the molecule is C/C=C\C(=CC=N)C(/C=C\C)=C/C=N. The Balaban J connectivity index is 5.12. The first kappa shape index (κ1) is 12.3. The molecule has 2 heteroatoms. The summed E-state index contributed by atoms with van der Waals surface area (Å²) in [4.78, 5) is 0. The molecule has 0 saturated heterocycles. The first-order valence-electron chi connectivity index (χ1n) is 4.47. The fraction of sp³-hybridized carbons (Fsp3) is 0.167. The minimum absolute atomic E-state index is 0.934. The van der Waals surface area contributed by atoms with Crippen molar-refractivity contribution in [1.82, 2.24) is 0 Å². The summed E-state index contributed by atoms with van der Waals surface area (Å²) in [5.74, 6) is 0. The molecular formula is C12H16N2. The molecule has 0 aliphatic rings. The van der Waals surface area contributed by atoms with Crippen molar-refractivity contribution in [3.8, 4) is 0 Å². The zero-order valence-corrected chi connectivity index (χ0v) is 8.62. The van der Waals surface area contributed by atoms with Crippen LogP contribution in [0.3, 0.4) is 0 Å². The Morgan fingerprint density at radius 3 is 1.36 bits per heavy atom. The van der Waals surface area contributed by atoms with Crippen molar-refractivity contribution in [2.24, 2.45) is 0 Å². The Morgan fingerprint density at radius 1 is 0.786 bits per heavy atom. The Bertz CT molecular complexity index is 272. The maximum absolute atomic E-state index is 7.03. The topological polar surface area (TPSA) is 47.7 Å². The van der Waals surface area contributed by atoms with Crippen LogP contribution in [0.1, 0.15) is 13.8 Å². The maximum atomic E-state index is 7.03. The van der Waals surface area contributed by atoms with Crippen LogP contribution in [-0.2, 0) is 0 Å². The average Bonchev–Trinajstić information content (AvgIpc) is 2.17.